The van der Waals surface area contributed by atoms with Crippen molar-refractivity contribution >= 4 is 27.4 Å². The van der Waals surface area contributed by atoms with Crippen LogP contribution in [-0.4, -0.2) is 51.2 Å². The van der Waals surface area contributed by atoms with E-state index in [0.29, 0.717) is 18.3 Å². The Balaban J connectivity index is 1.24. The molecule has 0 spiro atoms. The van der Waals surface area contributed by atoms with Crippen LogP contribution in [0.3, 0.4) is 0 Å². The number of fused-ring (bicyclic) bond motifs is 1. The van der Waals surface area contributed by atoms with Crippen LogP contribution in [0.2, 0.25) is 0 Å². The first kappa shape index (κ1) is 16.3. The highest BCUT2D eigenvalue weighted by Gasteiger charge is 2.22. The highest BCUT2D eigenvalue weighted by Crippen LogP contribution is 2.28. The lowest BCUT2D eigenvalue weighted by atomic mass is 10.2. The molecule has 8 heteroatoms. The van der Waals surface area contributed by atoms with Crippen LogP contribution in [0.1, 0.15) is 5.89 Å². The van der Waals surface area contributed by atoms with Crippen LogP contribution in [0.15, 0.2) is 52.6 Å². The average molecular weight is 378 g/mol. The van der Waals surface area contributed by atoms with Crippen LogP contribution >= 0.6 is 11.3 Å². The molecule has 0 N–H and O–H groups in total. The summed E-state index contributed by atoms with van der Waals surface area (Å²) in [5, 5.41) is 6.17. The van der Waals surface area contributed by atoms with Crippen LogP contribution in [0.5, 0.6) is 0 Å². The van der Waals surface area contributed by atoms with E-state index in [2.05, 4.69) is 35.3 Å². The van der Waals surface area contributed by atoms with Gasteiger partial charge in [0.2, 0.25) is 11.7 Å². The summed E-state index contributed by atoms with van der Waals surface area (Å²) in [5.74, 6) is 2.34. The van der Waals surface area contributed by atoms with E-state index >= 15 is 0 Å². The van der Waals surface area contributed by atoms with E-state index in [1.807, 2.05) is 36.4 Å². The molecule has 0 bridgehead atoms. The second kappa shape index (κ2) is 7.05. The van der Waals surface area contributed by atoms with Gasteiger partial charge in [0.05, 0.1) is 16.8 Å². The fourth-order valence-electron chi connectivity index (χ4n) is 3.33. The van der Waals surface area contributed by atoms with Gasteiger partial charge < -0.3 is 9.42 Å². The largest absolute Gasteiger partial charge is 0.353 e. The Morgan fingerprint density at radius 3 is 2.70 bits per heavy atom. The third kappa shape index (κ3) is 3.29. The van der Waals surface area contributed by atoms with E-state index in [9.17, 15) is 0 Å². The Hall–Kier alpha value is -2.84. The maximum atomic E-state index is 5.45. The van der Waals surface area contributed by atoms with Gasteiger partial charge in [-0.05, 0) is 11.4 Å². The van der Waals surface area contributed by atoms with Crippen molar-refractivity contribution in [2.24, 2.45) is 0 Å². The number of hydrogen-bond donors (Lipinski definition) is 0. The molecule has 0 saturated carbocycles. The summed E-state index contributed by atoms with van der Waals surface area (Å²) in [5.41, 5.74) is 1.99. The van der Waals surface area contributed by atoms with Gasteiger partial charge in [0.1, 0.15) is 12.1 Å². The molecule has 3 aromatic heterocycles. The van der Waals surface area contributed by atoms with Crippen molar-refractivity contribution in [1.82, 2.24) is 25.0 Å². The van der Waals surface area contributed by atoms with E-state index in [4.69, 9.17) is 4.52 Å². The molecule has 5 rings (SSSR count). The number of anilines is 1. The van der Waals surface area contributed by atoms with Gasteiger partial charge >= 0.3 is 0 Å². The minimum Gasteiger partial charge on any atom is -0.353 e. The van der Waals surface area contributed by atoms with E-state index in [1.165, 1.54) is 0 Å². The zero-order chi connectivity index (χ0) is 18.1. The van der Waals surface area contributed by atoms with Gasteiger partial charge in [-0.3, -0.25) is 4.90 Å². The van der Waals surface area contributed by atoms with Gasteiger partial charge in [-0.15, -0.1) is 11.3 Å². The molecule has 4 aromatic rings. The van der Waals surface area contributed by atoms with Crippen LogP contribution in [0, 0.1) is 0 Å². The Morgan fingerprint density at radius 1 is 1.00 bits per heavy atom. The number of aromatic nitrogens is 4. The zero-order valence-corrected chi connectivity index (χ0v) is 15.5. The summed E-state index contributed by atoms with van der Waals surface area (Å²) in [6.07, 6.45) is 1.65. The molecule has 0 unspecified atom stereocenters. The third-order valence-corrected chi connectivity index (χ3v) is 5.65. The Kier molecular flexibility index (Phi) is 4.27. The van der Waals surface area contributed by atoms with Crippen molar-refractivity contribution in [2.45, 2.75) is 6.54 Å². The topological polar surface area (TPSA) is 71.2 Å². The van der Waals surface area contributed by atoms with Gasteiger partial charge in [0.25, 0.3) is 0 Å². The van der Waals surface area contributed by atoms with Crippen LogP contribution in [0.4, 0.5) is 5.82 Å². The monoisotopic (exact) mass is 378 g/mol. The normalized spacial score (nSPS) is 15.5. The average Bonchev–Trinajstić information content (AvgIpc) is 3.38. The minimum absolute atomic E-state index is 0.644. The molecule has 0 radical (unpaired) electrons. The quantitative estimate of drug-likeness (QED) is 0.540. The van der Waals surface area contributed by atoms with Gasteiger partial charge in [-0.25, -0.2) is 9.97 Å². The lowest BCUT2D eigenvalue weighted by Gasteiger charge is -2.34. The summed E-state index contributed by atoms with van der Waals surface area (Å²) in [7, 11) is 0. The maximum Gasteiger partial charge on any atom is 0.241 e. The molecule has 0 atom stereocenters. The maximum absolute atomic E-state index is 5.45. The number of benzene rings is 1. The minimum atomic E-state index is 0.644. The van der Waals surface area contributed by atoms with Crippen molar-refractivity contribution in [1.29, 1.82) is 0 Å². The molecule has 136 valence electrons. The van der Waals surface area contributed by atoms with Gasteiger partial charge in [0.15, 0.2) is 0 Å². The lowest BCUT2D eigenvalue weighted by molar-refractivity contribution is 0.215. The first-order chi connectivity index (χ1) is 13.4. The summed E-state index contributed by atoms with van der Waals surface area (Å²) < 4.78 is 6.61. The zero-order valence-electron chi connectivity index (χ0n) is 14.7. The number of hydrogen-bond acceptors (Lipinski definition) is 8. The SMILES string of the molecule is c1ccc(-c2noc(CN3CCN(c4ncnc5ccsc45)CC3)n2)cc1. The third-order valence-electron chi connectivity index (χ3n) is 4.76. The number of piperazine rings is 1. The van der Waals surface area contributed by atoms with E-state index in [1.54, 1.807) is 17.7 Å². The molecule has 1 aliphatic rings. The summed E-state index contributed by atoms with van der Waals surface area (Å²) in [4.78, 5) is 18.1. The summed E-state index contributed by atoms with van der Waals surface area (Å²) >= 11 is 1.70. The van der Waals surface area contributed by atoms with Gasteiger partial charge in [-0.2, -0.15) is 4.98 Å². The van der Waals surface area contributed by atoms with Crippen molar-refractivity contribution in [3.63, 3.8) is 0 Å². The Morgan fingerprint density at radius 2 is 1.85 bits per heavy atom. The van der Waals surface area contributed by atoms with E-state index in [0.717, 1.165) is 47.8 Å². The van der Waals surface area contributed by atoms with Crippen molar-refractivity contribution in [3.8, 4) is 11.4 Å². The number of nitrogens with zero attached hydrogens (tertiary/aromatic N) is 6. The van der Waals surface area contributed by atoms with Crippen molar-refractivity contribution in [2.75, 3.05) is 31.1 Å². The van der Waals surface area contributed by atoms with E-state index < -0.39 is 0 Å². The fraction of sp³-hybridized carbons (Fsp3) is 0.263. The molecule has 0 aliphatic carbocycles. The second-order valence-electron chi connectivity index (χ2n) is 6.47. The molecule has 1 aromatic carbocycles. The molecule has 7 nitrogen and oxygen atoms in total. The molecule has 27 heavy (non-hydrogen) atoms. The smallest absolute Gasteiger partial charge is 0.241 e. The highest BCUT2D eigenvalue weighted by atomic mass is 32.1. The summed E-state index contributed by atoms with van der Waals surface area (Å²) in [6, 6.07) is 11.9. The molecule has 1 saturated heterocycles. The molecular weight excluding hydrogens is 360 g/mol. The lowest BCUT2D eigenvalue weighted by Crippen LogP contribution is -2.46. The fourth-order valence-corrected chi connectivity index (χ4v) is 4.20. The van der Waals surface area contributed by atoms with E-state index in [-0.39, 0.29) is 0 Å². The summed E-state index contributed by atoms with van der Waals surface area (Å²) in [6.45, 7) is 4.37. The van der Waals surface area contributed by atoms with Crippen LogP contribution in [-0.2, 0) is 6.54 Å². The number of thiophene rings is 1. The Labute approximate surface area is 160 Å². The molecule has 1 aliphatic heterocycles. The first-order valence-electron chi connectivity index (χ1n) is 8.90. The van der Waals surface area contributed by atoms with Crippen LogP contribution < -0.4 is 4.90 Å². The van der Waals surface area contributed by atoms with Crippen molar-refractivity contribution in [3.05, 3.63) is 54.0 Å². The molecule has 0 amide bonds. The predicted octanol–water partition coefficient (Wildman–Crippen LogP) is 3.06. The Bertz CT molecular complexity index is 1040. The second-order valence-corrected chi connectivity index (χ2v) is 7.39. The van der Waals surface area contributed by atoms with Gasteiger partial charge in [-0.1, -0.05) is 35.5 Å². The predicted molar refractivity (Wildman–Crippen MR) is 105 cm³/mol. The molecular formula is C19H18N6OS. The first-order valence-corrected chi connectivity index (χ1v) is 9.78. The molecule has 1 fully saturated rings. The van der Waals surface area contributed by atoms with Crippen molar-refractivity contribution < 1.29 is 4.52 Å². The number of rotatable bonds is 4. The standard InChI is InChI=1S/C19H18N6OS/c1-2-4-14(5-3-1)18-22-16(26-23-18)12-24-7-9-25(10-8-24)19-17-15(6-11-27-17)20-13-21-19/h1-6,11,13H,7-10,12H2. The molecule has 4 heterocycles. The van der Waals surface area contributed by atoms with Gasteiger partial charge in [0, 0.05) is 31.7 Å². The highest BCUT2D eigenvalue weighted by molar-refractivity contribution is 7.17. The van der Waals surface area contributed by atoms with Crippen LogP contribution in [0.25, 0.3) is 21.6 Å².